The van der Waals surface area contributed by atoms with Crippen molar-refractivity contribution in [1.29, 1.82) is 5.41 Å². The number of nitro groups is 1. The fourth-order valence-corrected chi connectivity index (χ4v) is 3.47. The van der Waals surface area contributed by atoms with Gasteiger partial charge in [-0.15, -0.1) is 10.2 Å². The number of aromatic nitrogens is 2. The minimum absolute atomic E-state index is 0.0174. The average Bonchev–Trinajstić information content (AvgIpc) is 3.04. The largest absolute Gasteiger partial charge is 0.278 e. The lowest BCUT2D eigenvalue weighted by Gasteiger charge is -2.08. The van der Waals surface area contributed by atoms with Crippen LogP contribution in [0.2, 0.25) is 0 Å². The van der Waals surface area contributed by atoms with Crippen LogP contribution in [-0.4, -0.2) is 26.2 Å². The molecule has 8 nitrogen and oxygen atoms in total. The summed E-state index contributed by atoms with van der Waals surface area (Å²) in [5.41, 5.74) is 0.630. The molecule has 0 bridgehead atoms. The van der Waals surface area contributed by atoms with E-state index < -0.39 is 4.92 Å². The van der Waals surface area contributed by atoms with E-state index in [-0.39, 0.29) is 16.8 Å². The van der Waals surface area contributed by atoms with E-state index in [1.165, 1.54) is 28.4 Å². The minimum atomic E-state index is -0.485. The molecule has 1 aromatic heterocycles. The molecule has 1 aliphatic rings. The van der Waals surface area contributed by atoms with Crippen LogP contribution in [0.4, 0.5) is 10.8 Å². The van der Waals surface area contributed by atoms with E-state index in [2.05, 4.69) is 10.2 Å². The second-order valence-electron chi connectivity index (χ2n) is 4.51. The number of nitro benzene ring substituents is 1. The zero-order valence-electron chi connectivity index (χ0n) is 11.7. The molecule has 0 saturated carbocycles. The number of benzene rings is 1. The standard InChI is InChI=1S/C13H9N5O3S2/c1-7-15-16-13(22-7)17-11(19)10(23-12(17)14)6-8-2-4-9(5-3-8)18(20)21/h2-6,14H,1H3/b10-6-,14-12?. The van der Waals surface area contributed by atoms with Crippen molar-refractivity contribution in [2.45, 2.75) is 6.92 Å². The number of carbonyl (C=O) groups is 1. The highest BCUT2D eigenvalue weighted by Gasteiger charge is 2.35. The van der Waals surface area contributed by atoms with Crippen LogP contribution in [-0.2, 0) is 4.79 Å². The van der Waals surface area contributed by atoms with Gasteiger partial charge in [-0.3, -0.25) is 20.3 Å². The van der Waals surface area contributed by atoms with Gasteiger partial charge >= 0.3 is 0 Å². The van der Waals surface area contributed by atoms with Gasteiger partial charge in [-0.05, 0) is 42.5 Å². The SMILES string of the molecule is Cc1nnc(N2C(=N)S/C(=C\c3ccc([N+](=O)[O-])cc3)C2=O)s1. The zero-order chi connectivity index (χ0) is 16.6. The van der Waals surface area contributed by atoms with Crippen molar-refractivity contribution in [2.24, 2.45) is 0 Å². The summed E-state index contributed by atoms with van der Waals surface area (Å²) < 4.78 is 0. The molecule has 2 aromatic rings. The van der Waals surface area contributed by atoms with Gasteiger partial charge in [0.05, 0.1) is 9.83 Å². The van der Waals surface area contributed by atoms with Crippen molar-refractivity contribution in [2.75, 3.05) is 4.90 Å². The third-order valence-corrected chi connectivity index (χ3v) is 4.64. The van der Waals surface area contributed by atoms with E-state index in [1.54, 1.807) is 25.1 Å². The molecule has 116 valence electrons. The molecule has 0 unspecified atom stereocenters. The Labute approximate surface area is 138 Å². The maximum Gasteiger partial charge on any atom is 0.273 e. The summed E-state index contributed by atoms with van der Waals surface area (Å²) in [6, 6.07) is 5.85. The number of aryl methyl sites for hydroxylation is 1. The van der Waals surface area contributed by atoms with Crippen molar-refractivity contribution in [3.05, 3.63) is 49.9 Å². The Hall–Kier alpha value is -2.59. The van der Waals surface area contributed by atoms with Crippen LogP contribution >= 0.6 is 23.1 Å². The first kappa shape index (κ1) is 15.3. The zero-order valence-corrected chi connectivity index (χ0v) is 13.3. The third kappa shape index (κ3) is 2.98. The lowest BCUT2D eigenvalue weighted by atomic mass is 10.2. The van der Waals surface area contributed by atoms with Gasteiger partial charge in [0.25, 0.3) is 11.6 Å². The molecule has 1 saturated heterocycles. The smallest absolute Gasteiger partial charge is 0.273 e. The number of amides is 1. The first-order valence-corrected chi connectivity index (χ1v) is 7.96. The van der Waals surface area contributed by atoms with Gasteiger partial charge in [0.15, 0.2) is 5.17 Å². The predicted octanol–water partition coefficient (Wildman–Crippen LogP) is 2.81. The van der Waals surface area contributed by atoms with E-state index in [4.69, 9.17) is 5.41 Å². The van der Waals surface area contributed by atoms with Gasteiger partial charge in [0.2, 0.25) is 5.13 Å². The summed E-state index contributed by atoms with van der Waals surface area (Å²) in [5.74, 6) is -0.352. The van der Waals surface area contributed by atoms with Gasteiger partial charge in [-0.1, -0.05) is 11.3 Å². The number of amidine groups is 1. The topological polar surface area (TPSA) is 113 Å². The minimum Gasteiger partial charge on any atom is -0.278 e. The Morgan fingerprint density at radius 2 is 2.00 bits per heavy atom. The van der Waals surface area contributed by atoms with Crippen molar-refractivity contribution in [3.8, 4) is 0 Å². The summed E-state index contributed by atoms with van der Waals surface area (Å²) in [5, 5.41) is 27.4. The Balaban J connectivity index is 1.88. The monoisotopic (exact) mass is 347 g/mol. The number of nitrogens with one attached hydrogen (secondary N) is 1. The molecule has 0 spiro atoms. The second kappa shape index (κ2) is 5.89. The maximum atomic E-state index is 12.4. The Morgan fingerprint density at radius 1 is 1.30 bits per heavy atom. The highest BCUT2D eigenvalue weighted by molar-refractivity contribution is 8.19. The molecular weight excluding hydrogens is 338 g/mol. The molecule has 1 amide bonds. The van der Waals surface area contributed by atoms with Crippen LogP contribution in [0, 0.1) is 22.4 Å². The highest BCUT2D eigenvalue weighted by Crippen LogP contribution is 2.36. The number of thioether (sulfide) groups is 1. The van der Waals surface area contributed by atoms with E-state index in [0.29, 0.717) is 20.6 Å². The molecule has 23 heavy (non-hydrogen) atoms. The molecule has 0 aliphatic carbocycles. The van der Waals surface area contributed by atoms with Gasteiger partial charge in [-0.25, -0.2) is 4.90 Å². The van der Waals surface area contributed by atoms with Crippen LogP contribution < -0.4 is 4.90 Å². The van der Waals surface area contributed by atoms with E-state index >= 15 is 0 Å². The fraction of sp³-hybridized carbons (Fsp3) is 0.0769. The van der Waals surface area contributed by atoms with Crippen LogP contribution in [0.3, 0.4) is 0 Å². The van der Waals surface area contributed by atoms with Crippen LogP contribution in [0.1, 0.15) is 10.6 Å². The lowest BCUT2D eigenvalue weighted by Crippen LogP contribution is -2.27. The van der Waals surface area contributed by atoms with Crippen LogP contribution in [0.15, 0.2) is 29.2 Å². The average molecular weight is 347 g/mol. The second-order valence-corrected chi connectivity index (χ2v) is 6.70. The van der Waals surface area contributed by atoms with Crippen LogP contribution in [0.25, 0.3) is 6.08 Å². The van der Waals surface area contributed by atoms with E-state index in [9.17, 15) is 14.9 Å². The molecule has 1 aromatic carbocycles. The number of anilines is 1. The lowest BCUT2D eigenvalue weighted by molar-refractivity contribution is -0.384. The van der Waals surface area contributed by atoms with Gasteiger partial charge in [0.1, 0.15) is 5.01 Å². The molecule has 0 radical (unpaired) electrons. The molecule has 10 heteroatoms. The quantitative estimate of drug-likeness (QED) is 0.519. The van der Waals surface area contributed by atoms with Crippen molar-refractivity contribution in [3.63, 3.8) is 0 Å². The fourth-order valence-electron chi connectivity index (χ4n) is 1.88. The van der Waals surface area contributed by atoms with Crippen LogP contribution in [0.5, 0.6) is 0 Å². The number of hydrogen-bond acceptors (Lipinski definition) is 8. The van der Waals surface area contributed by atoms with Gasteiger partial charge in [0, 0.05) is 12.1 Å². The Morgan fingerprint density at radius 3 is 2.57 bits per heavy atom. The number of non-ortho nitro benzene ring substituents is 1. The maximum absolute atomic E-state index is 12.4. The predicted molar refractivity (Wildman–Crippen MR) is 88.5 cm³/mol. The summed E-state index contributed by atoms with van der Waals surface area (Å²) >= 11 is 2.25. The van der Waals surface area contributed by atoms with Gasteiger partial charge < -0.3 is 0 Å². The number of rotatable bonds is 3. The molecule has 1 N–H and O–H groups in total. The van der Waals surface area contributed by atoms with E-state index in [0.717, 1.165) is 11.8 Å². The van der Waals surface area contributed by atoms with E-state index in [1.807, 2.05) is 0 Å². The molecule has 2 heterocycles. The summed E-state index contributed by atoms with van der Waals surface area (Å²) in [7, 11) is 0. The molecular formula is C13H9N5O3S2. The number of nitrogens with zero attached hydrogens (tertiary/aromatic N) is 4. The number of hydrogen-bond donors (Lipinski definition) is 1. The summed E-state index contributed by atoms with van der Waals surface area (Å²) in [4.78, 5) is 24.1. The Kier molecular flexibility index (Phi) is 3.92. The number of carbonyl (C=O) groups excluding carboxylic acids is 1. The summed E-state index contributed by atoms with van der Waals surface area (Å²) in [6.45, 7) is 1.77. The third-order valence-electron chi connectivity index (χ3n) is 2.93. The normalized spacial score (nSPS) is 16.4. The van der Waals surface area contributed by atoms with Gasteiger partial charge in [-0.2, -0.15) is 0 Å². The van der Waals surface area contributed by atoms with Crippen molar-refractivity contribution < 1.29 is 9.72 Å². The molecule has 1 fully saturated rings. The molecule has 0 atom stereocenters. The first-order chi connectivity index (χ1) is 11.0. The Bertz CT molecular complexity index is 844. The van der Waals surface area contributed by atoms with Crippen molar-refractivity contribution in [1.82, 2.24) is 10.2 Å². The molecule has 1 aliphatic heterocycles. The molecule has 3 rings (SSSR count). The highest BCUT2D eigenvalue weighted by atomic mass is 32.2. The van der Waals surface area contributed by atoms with Crippen molar-refractivity contribution >= 4 is 51.1 Å². The summed E-state index contributed by atoms with van der Waals surface area (Å²) in [6.07, 6.45) is 1.60. The first-order valence-electron chi connectivity index (χ1n) is 6.33.